The second-order valence-electron chi connectivity index (χ2n) is 9.50. The molecule has 3 heterocycles. The summed E-state index contributed by atoms with van der Waals surface area (Å²) in [6, 6.07) is 5.67. The molecule has 2 aromatic rings. The number of rotatable bonds is 9. The fourth-order valence-electron chi connectivity index (χ4n) is 5.04. The second-order valence-corrected chi connectivity index (χ2v) is 11.6. The number of unbranched alkanes of at least 4 members (excludes halogenated alkanes) is 1. The number of carbonyl (C=O) groups is 1. The third-order valence-electron chi connectivity index (χ3n) is 7.05. The van der Waals surface area contributed by atoms with Gasteiger partial charge in [0.1, 0.15) is 5.82 Å². The van der Waals surface area contributed by atoms with E-state index in [1.54, 1.807) is 12.1 Å². The maximum absolute atomic E-state index is 13.0. The van der Waals surface area contributed by atoms with Gasteiger partial charge in [-0.1, -0.05) is 13.3 Å². The van der Waals surface area contributed by atoms with E-state index in [0.717, 1.165) is 50.2 Å². The van der Waals surface area contributed by atoms with Crippen LogP contribution >= 0.6 is 0 Å². The maximum Gasteiger partial charge on any atom is 0.242 e. The number of likely N-dealkylation sites (tertiary alicyclic amines) is 2. The zero-order chi connectivity index (χ0) is 23.6. The van der Waals surface area contributed by atoms with Gasteiger partial charge in [-0.05, 0) is 57.0 Å². The van der Waals surface area contributed by atoms with Crippen molar-refractivity contribution in [2.24, 2.45) is 0 Å². The summed E-state index contributed by atoms with van der Waals surface area (Å²) in [4.78, 5) is 22.5. The Morgan fingerprint density at radius 2 is 1.94 bits per heavy atom. The number of sulfonamides is 1. The molecule has 1 atom stereocenters. The Hall–Kier alpha value is -1.97. The summed E-state index contributed by atoms with van der Waals surface area (Å²) in [5.74, 6) is 1.06. The van der Waals surface area contributed by atoms with Crippen LogP contribution in [0.4, 0.5) is 0 Å². The smallest absolute Gasteiger partial charge is 0.242 e. The largest absolute Gasteiger partial charge is 0.341 e. The van der Waals surface area contributed by atoms with Gasteiger partial charge >= 0.3 is 0 Å². The standard InChI is InChI=1S/C24H37N5O3S/c1-4-5-15-29-22-9-8-20(33(31,32)26(2)3)17-21(22)25-23(29)10-11-24(30)28-16-12-19(18-28)27-13-6-7-14-27/h8-9,17,19H,4-7,10-16,18H2,1-3H3/t19-/m0/s1. The van der Waals surface area contributed by atoms with Crippen molar-refractivity contribution < 1.29 is 13.2 Å². The summed E-state index contributed by atoms with van der Waals surface area (Å²) in [5.41, 5.74) is 1.60. The van der Waals surface area contributed by atoms with Crippen molar-refractivity contribution in [1.29, 1.82) is 0 Å². The number of fused-ring (bicyclic) bond motifs is 1. The molecule has 2 aliphatic rings. The van der Waals surface area contributed by atoms with E-state index in [9.17, 15) is 13.2 Å². The lowest BCUT2D eigenvalue weighted by atomic mass is 10.2. The lowest BCUT2D eigenvalue weighted by Crippen LogP contribution is -2.37. The fraction of sp³-hybridized carbons (Fsp3) is 0.667. The first kappa shape index (κ1) is 24.2. The first-order chi connectivity index (χ1) is 15.8. The molecular formula is C24H37N5O3S. The molecule has 9 heteroatoms. The highest BCUT2D eigenvalue weighted by Gasteiger charge is 2.31. The summed E-state index contributed by atoms with van der Waals surface area (Å²) in [6.45, 7) is 6.99. The van der Waals surface area contributed by atoms with Crippen LogP contribution in [0.15, 0.2) is 23.1 Å². The number of carbonyl (C=O) groups excluding carboxylic acids is 1. The molecule has 33 heavy (non-hydrogen) atoms. The molecule has 0 bridgehead atoms. The van der Waals surface area contributed by atoms with Gasteiger partial charge in [0, 0.05) is 52.6 Å². The van der Waals surface area contributed by atoms with Crippen molar-refractivity contribution in [2.75, 3.05) is 40.3 Å². The van der Waals surface area contributed by atoms with E-state index in [0.29, 0.717) is 24.4 Å². The van der Waals surface area contributed by atoms with Crippen LogP contribution in [0.1, 0.15) is 51.3 Å². The number of benzene rings is 1. The summed E-state index contributed by atoms with van der Waals surface area (Å²) in [6.07, 6.45) is 6.68. The summed E-state index contributed by atoms with van der Waals surface area (Å²) >= 11 is 0. The van der Waals surface area contributed by atoms with Crippen LogP contribution in [-0.2, 0) is 27.8 Å². The van der Waals surface area contributed by atoms with Crippen LogP contribution < -0.4 is 0 Å². The SMILES string of the molecule is CCCCn1c(CCC(=O)N2CC[C@H](N3CCCC3)C2)nc2cc(S(=O)(=O)N(C)C)ccc21. The Balaban J connectivity index is 1.49. The molecule has 4 rings (SSSR count). The zero-order valence-electron chi connectivity index (χ0n) is 20.2. The number of aryl methyl sites for hydroxylation is 2. The van der Waals surface area contributed by atoms with Crippen LogP contribution in [-0.4, -0.2) is 84.3 Å². The van der Waals surface area contributed by atoms with Crippen LogP contribution in [0.3, 0.4) is 0 Å². The van der Waals surface area contributed by atoms with Crippen molar-refractivity contribution in [3.63, 3.8) is 0 Å². The molecule has 0 N–H and O–H groups in total. The zero-order valence-corrected chi connectivity index (χ0v) is 21.0. The van der Waals surface area contributed by atoms with Crippen LogP contribution in [0, 0.1) is 0 Å². The van der Waals surface area contributed by atoms with Gasteiger partial charge in [-0.2, -0.15) is 0 Å². The first-order valence-electron chi connectivity index (χ1n) is 12.2. The van der Waals surface area contributed by atoms with Crippen molar-refractivity contribution in [3.8, 4) is 0 Å². The van der Waals surface area contributed by atoms with Crippen molar-refractivity contribution >= 4 is 27.0 Å². The topological polar surface area (TPSA) is 78.8 Å². The van der Waals surface area contributed by atoms with Crippen molar-refractivity contribution in [2.45, 2.75) is 69.4 Å². The Bertz CT molecular complexity index is 1090. The number of aromatic nitrogens is 2. The van der Waals surface area contributed by atoms with E-state index >= 15 is 0 Å². The van der Waals surface area contributed by atoms with Gasteiger partial charge in [-0.15, -0.1) is 0 Å². The van der Waals surface area contributed by atoms with Crippen molar-refractivity contribution in [1.82, 2.24) is 23.7 Å². The number of hydrogen-bond donors (Lipinski definition) is 0. The molecular weight excluding hydrogens is 438 g/mol. The number of nitrogens with zero attached hydrogens (tertiary/aromatic N) is 5. The summed E-state index contributed by atoms with van der Waals surface area (Å²) < 4.78 is 28.5. The van der Waals surface area contributed by atoms with Gasteiger partial charge in [-0.25, -0.2) is 17.7 Å². The molecule has 1 amide bonds. The monoisotopic (exact) mass is 475 g/mol. The summed E-state index contributed by atoms with van der Waals surface area (Å²) in [5, 5.41) is 0. The van der Waals surface area contributed by atoms with E-state index < -0.39 is 10.0 Å². The molecule has 0 aliphatic carbocycles. The molecule has 0 spiro atoms. The molecule has 1 aromatic heterocycles. The van der Waals surface area contributed by atoms with Gasteiger partial charge in [0.15, 0.2) is 0 Å². The molecule has 1 aromatic carbocycles. The molecule has 2 saturated heterocycles. The van der Waals surface area contributed by atoms with Crippen LogP contribution in [0.2, 0.25) is 0 Å². The second kappa shape index (κ2) is 10.1. The third-order valence-corrected chi connectivity index (χ3v) is 8.86. The number of amides is 1. The molecule has 2 fully saturated rings. The maximum atomic E-state index is 13.0. The predicted octanol–water partition coefficient (Wildman–Crippen LogP) is 2.72. The fourth-order valence-corrected chi connectivity index (χ4v) is 5.96. The molecule has 0 radical (unpaired) electrons. The highest BCUT2D eigenvalue weighted by molar-refractivity contribution is 7.89. The molecule has 182 valence electrons. The highest BCUT2D eigenvalue weighted by Crippen LogP contribution is 2.25. The van der Waals surface area contributed by atoms with Gasteiger partial charge < -0.3 is 9.47 Å². The number of imidazole rings is 1. The highest BCUT2D eigenvalue weighted by atomic mass is 32.2. The lowest BCUT2D eigenvalue weighted by molar-refractivity contribution is -0.130. The molecule has 2 aliphatic heterocycles. The van der Waals surface area contributed by atoms with Gasteiger partial charge in [-0.3, -0.25) is 9.69 Å². The molecule has 0 unspecified atom stereocenters. The normalized spacial score (nSPS) is 19.9. The summed E-state index contributed by atoms with van der Waals surface area (Å²) in [7, 11) is -0.457. The number of hydrogen-bond acceptors (Lipinski definition) is 5. The quantitative estimate of drug-likeness (QED) is 0.557. The average Bonchev–Trinajstić information content (AvgIpc) is 3.55. The van der Waals surface area contributed by atoms with Crippen LogP contribution in [0.5, 0.6) is 0 Å². The van der Waals surface area contributed by atoms with E-state index in [-0.39, 0.29) is 10.8 Å². The van der Waals surface area contributed by atoms with E-state index in [4.69, 9.17) is 4.98 Å². The van der Waals surface area contributed by atoms with E-state index in [1.807, 2.05) is 11.0 Å². The molecule has 8 nitrogen and oxygen atoms in total. The first-order valence-corrected chi connectivity index (χ1v) is 13.7. The minimum Gasteiger partial charge on any atom is -0.341 e. The Kier molecular flexibility index (Phi) is 7.40. The molecule has 0 saturated carbocycles. The van der Waals surface area contributed by atoms with Gasteiger partial charge in [0.25, 0.3) is 0 Å². The van der Waals surface area contributed by atoms with Crippen LogP contribution in [0.25, 0.3) is 11.0 Å². The minimum atomic E-state index is -3.52. The Labute approximate surface area is 197 Å². The Morgan fingerprint density at radius 1 is 1.18 bits per heavy atom. The van der Waals surface area contributed by atoms with Gasteiger partial charge in [0.2, 0.25) is 15.9 Å². The average molecular weight is 476 g/mol. The Morgan fingerprint density at radius 3 is 2.64 bits per heavy atom. The van der Waals surface area contributed by atoms with E-state index in [2.05, 4.69) is 16.4 Å². The predicted molar refractivity (Wildman–Crippen MR) is 130 cm³/mol. The van der Waals surface area contributed by atoms with Gasteiger partial charge in [0.05, 0.1) is 15.9 Å². The van der Waals surface area contributed by atoms with Crippen molar-refractivity contribution in [3.05, 3.63) is 24.0 Å². The van der Waals surface area contributed by atoms with E-state index in [1.165, 1.54) is 44.3 Å². The third kappa shape index (κ3) is 5.10. The minimum absolute atomic E-state index is 0.196. The lowest BCUT2D eigenvalue weighted by Gasteiger charge is -2.23.